The molecule has 24 heavy (non-hydrogen) atoms. The third-order valence-corrected chi connectivity index (χ3v) is 4.88. The Balaban J connectivity index is 1.71. The van der Waals surface area contributed by atoms with E-state index in [-0.39, 0.29) is 23.3 Å². The van der Waals surface area contributed by atoms with Gasteiger partial charge in [-0.1, -0.05) is 30.3 Å². The minimum absolute atomic E-state index is 0.0330. The van der Waals surface area contributed by atoms with Gasteiger partial charge in [-0.2, -0.15) is 0 Å². The highest BCUT2D eigenvalue weighted by Gasteiger charge is 2.27. The third kappa shape index (κ3) is 3.58. The molecule has 0 spiro atoms. The molecule has 0 radical (unpaired) electrons. The summed E-state index contributed by atoms with van der Waals surface area (Å²) < 4.78 is 28.3. The zero-order chi connectivity index (χ0) is 17.2. The lowest BCUT2D eigenvalue weighted by molar-refractivity contribution is -0.123. The number of primary sulfonamides is 1. The average molecular weight is 346 g/mol. The molecule has 2 aromatic carbocycles. The van der Waals surface area contributed by atoms with Crippen molar-refractivity contribution >= 4 is 15.9 Å². The smallest absolute Gasteiger partial charge is 0.238 e. The van der Waals surface area contributed by atoms with E-state index >= 15 is 0 Å². The molecule has 3 N–H and O–H groups in total. The maximum atomic E-state index is 12.5. The molecule has 1 heterocycles. The Bertz CT molecular complexity index is 864. The first-order chi connectivity index (χ1) is 11.4. The summed E-state index contributed by atoms with van der Waals surface area (Å²) >= 11 is 0. The van der Waals surface area contributed by atoms with Crippen molar-refractivity contribution in [2.45, 2.75) is 23.8 Å². The predicted molar refractivity (Wildman–Crippen MR) is 89.0 cm³/mol. The van der Waals surface area contributed by atoms with Gasteiger partial charge in [0.15, 0.2) is 0 Å². The number of carbonyl (C=O) groups excluding carboxylic acids is 1. The van der Waals surface area contributed by atoms with E-state index in [4.69, 9.17) is 9.88 Å². The SMILES string of the molecule is NS(=O)(=O)c1cccc(CNC(=O)[C@@H]2CCOc3ccccc32)c1. The van der Waals surface area contributed by atoms with Gasteiger partial charge in [0.05, 0.1) is 17.4 Å². The molecule has 7 heteroatoms. The van der Waals surface area contributed by atoms with E-state index in [0.29, 0.717) is 18.6 Å². The van der Waals surface area contributed by atoms with Crippen LogP contribution in [0.2, 0.25) is 0 Å². The van der Waals surface area contributed by atoms with Gasteiger partial charge < -0.3 is 10.1 Å². The molecule has 0 aromatic heterocycles. The molecular formula is C17H18N2O4S. The molecule has 0 unspecified atom stereocenters. The van der Waals surface area contributed by atoms with Crippen LogP contribution in [0.15, 0.2) is 53.4 Å². The fourth-order valence-corrected chi connectivity index (χ4v) is 3.34. The summed E-state index contributed by atoms with van der Waals surface area (Å²) in [6.45, 7) is 0.734. The van der Waals surface area contributed by atoms with Gasteiger partial charge in [-0.05, 0) is 30.2 Å². The summed E-state index contributed by atoms with van der Waals surface area (Å²) in [6.07, 6.45) is 0.611. The monoisotopic (exact) mass is 346 g/mol. The Labute approximate surface area is 140 Å². The van der Waals surface area contributed by atoms with Gasteiger partial charge in [-0.15, -0.1) is 0 Å². The van der Waals surface area contributed by atoms with Crippen molar-refractivity contribution in [2.24, 2.45) is 5.14 Å². The summed E-state index contributed by atoms with van der Waals surface area (Å²) in [5, 5.41) is 7.98. The van der Waals surface area contributed by atoms with Crippen molar-refractivity contribution in [2.75, 3.05) is 6.61 Å². The molecule has 3 rings (SSSR count). The van der Waals surface area contributed by atoms with Crippen LogP contribution in [-0.2, 0) is 21.4 Å². The molecule has 0 aliphatic carbocycles. The second-order valence-corrected chi connectivity index (χ2v) is 7.20. The minimum atomic E-state index is -3.75. The molecule has 0 fully saturated rings. The van der Waals surface area contributed by atoms with Crippen LogP contribution < -0.4 is 15.2 Å². The number of rotatable bonds is 4. The number of nitrogens with two attached hydrogens (primary N) is 1. The number of hydrogen-bond acceptors (Lipinski definition) is 4. The number of sulfonamides is 1. The highest BCUT2D eigenvalue weighted by molar-refractivity contribution is 7.89. The molecule has 2 aromatic rings. The highest BCUT2D eigenvalue weighted by Crippen LogP contribution is 2.33. The van der Waals surface area contributed by atoms with Crippen LogP contribution in [0.5, 0.6) is 5.75 Å². The number of ether oxygens (including phenoxy) is 1. The maximum absolute atomic E-state index is 12.5. The Morgan fingerprint density at radius 2 is 2.00 bits per heavy atom. The first-order valence-corrected chi connectivity index (χ1v) is 9.11. The van der Waals surface area contributed by atoms with Crippen molar-refractivity contribution in [3.8, 4) is 5.75 Å². The lowest BCUT2D eigenvalue weighted by Gasteiger charge is -2.25. The number of benzene rings is 2. The number of carbonyl (C=O) groups is 1. The van der Waals surface area contributed by atoms with E-state index in [9.17, 15) is 13.2 Å². The van der Waals surface area contributed by atoms with E-state index in [1.54, 1.807) is 12.1 Å². The fourth-order valence-electron chi connectivity index (χ4n) is 2.76. The van der Waals surface area contributed by atoms with E-state index in [0.717, 1.165) is 11.3 Å². The van der Waals surface area contributed by atoms with Gasteiger partial charge in [-0.25, -0.2) is 13.6 Å². The Kier molecular flexibility index (Phi) is 4.55. The van der Waals surface area contributed by atoms with E-state index in [2.05, 4.69) is 5.32 Å². The quantitative estimate of drug-likeness (QED) is 0.877. The van der Waals surface area contributed by atoms with Gasteiger partial charge in [0.2, 0.25) is 15.9 Å². The van der Waals surface area contributed by atoms with Gasteiger partial charge in [0.25, 0.3) is 0 Å². The molecule has 1 aliphatic rings. The van der Waals surface area contributed by atoms with Crippen LogP contribution >= 0.6 is 0 Å². The van der Waals surface area contributed by atoms with Crippen LogP contribution in [0.3, 0.4) is 0 Å². The Morgan fingerprint density at radius 3 is 2.79 bits per heavy atom. The summed E-state index contributed by atoms with van der Waals surface area (Å²) in [5.41, 5.74) is 1.55. The third-order valence-electron chi connectivity index (χ3n) is 3.97. The predicted octanol–water partition coefficient (Wildman–Crippen LogP) is 1.52. The molecule has 0 saturated heterocycles. The number of amides is 1. The highest BCUT2D eigenvalue weighted by atomic mass is 32.2. The molecule has 1 atom stereocenters. The van der Waals surface area contributed by atoms with Crippen LogP contribution in [0, 0.1) is 0 Å². The number of para-hydroxylation sites is 1. The van der Waals surface area contributed by atoms with Crippen molar-refractivity contribution in [3.05, 3.63) is 59.7 Å². The summed E-state index contributed by atoms with van der Waals surface area (Å²) in [4.78, 5) is 12.5. The van der Waals surface area contributed by atoms with Crippen molar-refractivity contribution < 1.29 is 17.9 Å². The minimum Gasteiger partial charge on any atom is -0.493 e. The second-order valence-electron chi connectivity index (χ2n) is 5.64. The largest absolute Gasteiger partial charge is 0.493 e. The van der Waals surface area contributed by atoms with Crippen molar-refractivity contribution in [1.29, 1.82) is 0 Å². The molecule has 0 bridgehead atoms. The van der Waals surface area contributed by atoms with Gasteiger partial charge in [-0.3, -0.25) is 4.79 Å². The zero-order valence-corrected chi connectivity index (χ0v) is 13.8. The molecule has 0 saturated carbocycles. The average Bonchev–Trinajstić information content (AvgIpc) is 2.58. The molecule has 6 nitrogen and oxygen atoms in total. The van der Waals surface area contributed by atoms with Crippen LogP contribution in [0.1, 0.15) is 23.5 Å². The first-order valence-electron chi connectivity index (χ1n) is 7.56. The normalized spacial score (nSPS) is 16.8. The van der Waals surface area contributed by atoms with E-state index in [1.165, 1.54) is 12.1 Å². The number of hydrogen-bond donors (Lipinski definition) is 2. The Hall–Kier alpha value is -2.38. The molecule has 1 amide bonds. The first kappa shape index (κ1) is 16.5. The lowest BCUT2D eigenvalue weighted by atomic mass is 9.92. The zero-order valence-electron chi connectivity index (χ0n) is 12.9. The van der Waals surface area contributed by atoms with Crippen LogP contribution in [-0.4, -0.2) is 20.9 Å². The molecular weight excluding hydrogens is 328 g/mol. The van der Waals surface area contributed by atoms with E-state index in [1.807, 2.05) is 24.3 Å². The summed E-state index contributed by atoms with van der Waals surface area (Å²) in [7, 11) is -3.75. The van der Waals surface area contributed by atoms with Crippen LogP contribution in [0.4, 0.5) is 0 Å². The van der Waals surface area contributed by atoms with E-state index < -0.39 is 10.0 Å². The van der Waals surface area contributed by atoms with Gasteiger partial charge in [0.1, 0.15) is 5.75 Å². The fraction of sp³-hybridized carbons (Fsp3) is 0.235. The van der Waals surface area contributed by atoms with Crippen LogP contribution in [0.25, 0.3) is 0 Å². The maximum Gasteiger partial charge on any atom is 0.238 e. The van der Waals surface area contributed by atoms with Gasteiger partial charge >= 0.3 is 0 Å². The second kappa shape index (κ2) is 6.62. The van der Waals surface area contributed by atoms with Crippen molar-refractivity contribution in [1.82, 2.24) is 5.32 Å². The molecule has 1 aliphatic heterocycles. The lowest BCUT2D eigenvalue weighted by Crippen LogP contribution is -2.32. The topological polar surface area (TPSA) is 98.5 Å². The summed E-state index contributed by atoms with van der Waals surface area (Å²) in [5.74, 6) is 0.364. The number of fused-ring (bicyclic) bond motifs is 1. The standard InChI is InChI=1S/C17H18N2O4S/c18-24(21,22)13-5-3-4-12(10-13)11-19-17(20)15-8-9-23-16-7-2-1-6-14(15)16/h1-7,10,15H,8-9,11H2,(H,19,20)(H2,18,21,22)/t15-/m1/s1. The Morgan fingerprint density at radius 1 is 1.21 bits per heavy atom. The van der Waals surface area contributed by atoms with Crippen molar-refractivity contribution in [3.63, 3.8) is 0 Å². The van der Waals surface area contributed by atoms with Gasteiger partial charge in [0, 0.05) is 12.1 Å². The number of nitrogens with one attached hydrogen (secondary N) is 1. The summed E-state index contributed by atoms with van der Waals surface area (Å²) in [6, 6.07) is 13.7. The molecule has 126 valence electrons.